The van der Waals surface area contributed by atoms with Crippen molar-refractivity contribution in [1.29, 1.82) is 0 Å². The number of hydrogen-bond acceptors (Lipinski definition) is 4. The first-order valence-corrected chi connectivity index (χ1v) is 13.6. The molecule has 0 saturated carbocycles. The second-order valence-corrected chi connectivity index (χ2v) is 11.6. The molecular weight excluding hydrogens is 709 g/mol. The number of pyridine rings is 2. The van der Waals surface area contributed by atoms with Crippen LogP contribution in [0.2, 0.25) is 0 Å². The third-order valence-corrected chi connectivity index (χ3v) is 8.24. The molecule has 0 spiro atoms. The van der Waals surface area contributed by atoms with Gasteiger partial charge in [0.05, 0.1) is 11.6 Å². The number of benzene rings is 4. The maximum atomic E-state index is 16.4. The Bertz CT molecular complexity index is 1930. The SMILES string of the molecule is CN(C)c1c(F)c2[c-]c3c1ccc1ccc4c(N(C)C)c(F)c([c-]c4c13)-c1cccc(n1)C(C)(C)c1cccc-2n1.[Pt+2]. The van der Waals surface area contributed by atoms with Crippen molar-refractivity contribution in [2.24, 2.45) is 0 Å². The van der Waals surface area contributed by atoms with Gasteiger partial charge in [0.1, 0.15) is 0 Å². The molecule has 7 rings (SSSR count). The van der Waals surface area contributed by atoms with Crippen molar-refractivity contribution in [3.8, 4) is 22.5 Å². The van der Waals surface area contributed by atoms with E-state index in [4.69, 9.17) is 9.97 Å². The van der Waals surface area contributed by atoms with E-state index in [1.165, 1.54) is 0 Å². The number of fused-ring (bicyclic) bond motifs is 8. The Morgan fingerprint density at radius 2 is 1.07 bits per heavy atom. The van der Waals surface area contributed by atoms with Crippen LogP contribution < -0.4 is 9.80 Å². The third kappa shape index (κ3) is 3.95. The fourth-order valence-electron chi connectivity index (χ4n) is 6.11. The summed E-state index contributed by atoms with van der Waals surface area (Å²) in [4.78, 5) is 13.5. The van der Waals surface area contributed by atoms with E-state index in [-0.39, 0.29) is 43.8 Å². The Morgan fingerprint density at radius 1 is 0.643 bits per heavy atom. The van der Waals surface area contributed by atoms with Crippen LogP contribution in [-0.4, -0.2) is 38.2 Å². The van der Waals surface area contributed by atoms with Gasteiger partial charge in [0.25, 0.3) is 0 Å². The molecule has 0 amide bonds. The summed E-state index contributed by atoms with van der Waals surface area (Å²) in [6.45, 7) is 4.05. The molecule has 0 atom stereocenters. The minimum atomic E-state index is -0.649. The Balaban J connectivity index is 0.00000316. The molecule has 4 nitrogen and oxygen atoms in total. The van der Waals surface area contributed by atoms with Gasteiger partial charge in [0.2, 0.25) is 0 Å². The van der Waals surface area contributed by atoms with Crippen molar-refractivity contribution in [2.45, 2.75) is 19.3 Å². The first kappa shape index (κ1) is 28.2. The van der Waals surface area contributed by atoms with Crippen molar-refractivity contribution < 1.29 is 29.8 Å². The van der Waals surface area contributed by atoms with Crippen molar-refractivity contribution in [2.75, 3.05) is 38.0 Å². The number of hydrogen-bond donors (Lipinski definition) is 0. The monoisotopic (exact) mass is 737 g/mol. The number of nitrogens with zero attached hydrogens (tertiary/aromatic N) is 4. The quantitative estimate of drug-likeness (QED) is 0.134. The minimum absolute atomic E-state index is 0. The maximum absolute atomic E-state index is 16.4. The van der Waals surface area contributed by atoms with Crippen LogP contribution in [0.25, 0.3) is 54.8 Å². The van der Waals surface area contributed by atoms with Gasteiger partial charge in [-0.2, -0.15) is 0 Å². The largest absolute Gasteiger partial charge is 2.00 e. The zero-order valence-electron chi connectivity index (χ0n) is 24.1. The molecule has 2 aromatic heterocycles. The molecule has 3 heterocycles. The summed E-state index contributed by atoms with van der Waals surface area (Å²) in [7, 11) is 7.34. The van der Waals surface area contributed by atoms with Gasteiger partial charge in [-0.25, -0.2) is 0 Å². The van der Waals surface area contributed by atoms with Crippen molar-refractivity contribution >= 4 is 43.7 Å². The Hall–Kier alpha value is -3.89. The summed E-state index contributed by atoms with van der Waals surface area (Å²) in [5.74, 6) is -0.775. The van der Waals surface area contributed by atoms with Gasteiger partial charge in [-0.05, 0) is 26.0 Å². The van der Waals surface area contributed by atoms with E-state index in [2.05, 4.69) is 12.1 Å². The van der Waals surface area contributed by atoms with Gasteiger partial charge >= 0.3 is 21.1 Å². The summed E-state index contributed by atoms with van der Waals surface area (Å²) >= 11 is 0. The van der Waals surface area contributed by atoms with Crippen LogP contribution in [0.3, 0.4) is 0 Å². The molecule has 42 heavy (non-hydrogen) atoms. The Morgan fingerprint density at radius 3 is 1.48 bits per heavy atom. The average molecular weight is 738 g/mol. The zero-order valence-corrected chi connectivity index (χ0v) is 26.4. The van der Waals surface area contributed by atoms with E-state index >= 15 is 8.78 Å². The number of aromatic nitrogens is 2. The smallest absolute Gasteiger partial charge is 0.387 e. The Kier molecular flexibility index (Phi) is 6.62. The summed E-state index contributed by atoms with van der Waals surface area (Å²) in [6.07, 6.45) is 0. The number of rotatable bonds is 2. The van der Waals surface area contributed by atoms with E-state index in [0.29, 0.717) is 33.5 Å². The van der Waals surface area contributed by atoms with Crippen molar-refractivity contribution in [3.63, 3.8) is 0 Å². The molecule has 212 valence electrons. The van der Waals surface area contributed by atoms with Crippen LogP contribution in [0.1, 0.15) is 25.2 Å². The molecule has 0 saturated heterocycles. The van der Waals surface area contributed by atoms with Gasteiger partial charge in [0, 0.05) is 67.8 Å². The molecule has 1 aliphatic heterocycles. The van der Waals surface area contributed by atoms with Gasteiger partial charge in [-0.15, -0.1) is 22.9 Å². The van der Waals surface area contributed by atoms with Crippen LogP contribution in [0, 0.1) is 23.8 Å². The van der Waals surface area contributed by atoms with E-state index in [9.17, 15) is 0 Å². The molecule has 0 radical (unpaired) electrons. The molecule has 8 bridgehead atoms. The fourth-order valence-corrected chi connectivity index (χ4v) is 6.11. The molecule has 0 fully saturated rings. The summed E-state index contributed by atoms with van der Waals surface area (Å²) in [5, 5.41) is 4.65. The normalized spacial score (nSPS) is 13.2. The van der Waals surface area contributed by atoms with Crippen LogP contribution in [0.15, 0.2) is 60.7 Å². The first-order valence-electron chi connectivity index (χ1n) is 13.6. The van der Waals surface area contributed by atoms with Crippen molar-refractivity contribution in [3.05, 3.63) is 95.8 Å². The van der Waals surface area contributed by atoms with E-state index < -0.39 is 5.41 Å². The van der Waals surface area contributed by atoms with E-state index in [1.807, 2.05) is 103 Å². The molecule has 0 N–H and O–H groups in total. The predicted molar refractivity (Wildman–Crippen MR) is 164 cm³/mol. The fraction of sp³-hybridized carbons (Fsp3) is 0.200. The minimum Gasteiger partial charge on any atom is -0.387 e. The van der Waals surface area contributed by atoms with Gasteiger partial charge in [-0.1, -0.05) is 81.2 Å². The molecule has 0 unspecified atom stereocenters. The first-order chi connectivity index (χ1) is 19.6. The van der Waals surface area contributed by atoms with E-state index in [0.717, 1.165) is 32.9 Å². The molecule has 6 aromatic rings. The maximum Gasteiger partial charge on any atom is 2.00 e. The van der Waals surface area contributed by atoms with Crippen LogP contribution in [0.4, 0.5) is 20.2 Å². The standard InChI is InChI=1S/C35H28F2N4.Pt/c1-35(2)28-11-7-9-26(38-28)24-17-22-20(33(31(24)36)40(3)4)15-13-19-14-16-21-23(30(19)22)18-25(32(37)34(21)41(5)6)27-10-8-12-29(35)39-27;/h7-16H,1-6H3;/q-2;+2. The van der Waals surface area contributed by atoms with Crippen molar-refractivity contribution in [1.82, 2.24) is 9.97 Å². The summed E-state index contributed by atoms with van der Waals surface area (Å²) in [5.41, 5.74) is 3.27. The summed E-state index contributed by atoms with van der Waals surface area (Å²) in [6, 6.07) is 26.0. The van der Waals surface area contributed by atoms with Crippen LogP contribution in [-0.2, 0) is 26.5 Å². The second-order valence-electron chi connectivity index (χ2n) is 11.6. The van der Waals surface area contributed by atoms with Crippen LogP contribution >= 0.6 is 0 Å². The number of anilines is 2. The molecular formula is C35H28F2N4Pt. The average Bonchev–Trinajstić information content (AvgIpc) is 2.95. The van der Waals surface area contributed by atoms with Gasteiger partial charge < -0.3 is 9.80 Å². The van der Waals surface area contributed by atoms with Gasteiger partial charge in [-0.3, -0.25) is 18.7 Å². The molecule has 1 aliphatic rings. The Labute approximate surface area is 258 Å². The third-order valence-electron chi connectivity index (χ3n) is 8.24. The van der Waals surface area contributed by atoms with Crippen LogP contribution in [0.5, 0.6) is 0 Å². The predicted octanol–water partition coefficient (Wildman–Crippen LogP) is 7.92. The van der Waals surface area contributed by atoms with Gasteiger partial charge in [0.15, 0.2) is 0 Å². The zero-order chi connectivity index (χ0) is 28.8. The molecule has 4 aromatic carbocycles. The summed E-state index contributed by atoms with van der Waals surface area (Å²) < 4.78 is 32.9. The topological polar surface area (TPSA) is 32.3 Å². The molecule has 7 heteroatoms. The second kappa shape index (κ2) is 9.84. The molecule has 0 aliphatic carbocycles. The van der Waals surface area contributed by atoms with E-state index in [1.54, 1.807) is 9.80 Å². The number of halogens is 2.